The average Bonchev–Trinajstić information content (AvgIpc) is 2.26. The summed E-state index contributed by atoms with van der Waals surface area (Å²) in [6.45, 7) is 2.29. The van der Waals surface area contributed by atoms with Crippen molar-refractivity contribution in [1.82, 2.24) is 0 Å². The Labute approximate surface area is 112 Å². The summed E-state index contributed by atoms with van der Waals surface area (Å²) in [7, 11) is 0. The molecule has 0 spiro atoms. The topological polar surface area (TPSA) is 0 Å². The van der Waals surface area contributed by atoms with E-state index in [1.54, 1.807) is 24.7 Å². The molecule has 0 saturated carbocycles. The third kappa shape index (κ3) is 14.9. The van der Waals surface area contributed by atoms with Gasteiger partial charge in [0.05, 0.1) is 0 Å². The Balaban J connectivity index is 2.81. The van der Waals surface area contributed by atoms with Crippen LogP contribution in [-0.4, -0.2) is 24.7 Å². The van der Waals surface area contributed by atoms with E-state index in [4.69, 9.17) is 0 Å². The van der Waals surface area contributed by atoms with Crippen LogP contribution in [0.1, 0.15) is 84.0 Å². The van der Waals surface area contributed by atoms with Gasteiger partial charge in [-0.25, -0.2) is 0 Å². The number of hydrogen-bond donors (Lipinski definition) is 0. The Morgan fingerprint density at radius 1 is 0.533 bits per heavy atom. The van der Waals surface area contributed by atoms with Gasteiger partial charge in [-0.3, -0.25) is 0 Å². The Hall–Kier alpha value is 0.883. The first-order valence-corrected chi connectivity index (χ1v) is 9.48. The second kappa shape index (κ2) is 14.9. The minimum absolute atomic E-state index is 1.37. The summed E-state index contributed by atoms with van der Waals surface area (Å²) in [5, 5.41) is 0. The Morgan fingerprint density at radius 2 is 0.867 bits per heavy atom. The standard InChI is InChI=1S/C14H29.Bi/c1-3-5-7-9-11-13-14-12-10-8-6-4-2;/h1,3-14H2,2H3;. The summed E-state index contributed by atoms with van der Waals surface area (Å²) in [4.78, 5) is 0. The van der Waals surface area contributed by atoms with Crippen molar-refractivity contribution >= 4 is 24.7 Å². The summed E-state index contributed by atoms with van der Waals surface area (Å²) < 4.78 is 1.48. The maximum absolute atomic E-state index is 2.29. The molecule has 15 heavy (non-hydrogen) atoms. The summed E-state index contributed by atoms with van der Waals surface area (Å²) in [6.07, 6.45) is 17.7. The van der Waals surface area contributed by atoms with Crippen LogP contribution in [0, 0.1) is 0 Å². The van der Waals surface area contributed by atoms with Gasteiger partial charge in [-0.1, -0.05) is 13.3 Å². The molecule has 0 N–H and O–H groups in total. The molecule has 1 heteroatoms. The fourth-order valence-electron chi connectivity index (χ4n) is 1.95. The fraction of sp³-hybridized carbons (Fsp3) is 1.00. The van der Waals surface area contributed by atoms with E-state index in [-0.39, 0.29) is 0 Å². The molecular weight excluding hydrogens is 377 g/mol. The molecule has 0 aliphatic carbocycles. The molecule has 0 atom stereocenters. The molecule has 0 saturated heterocycles. The molecule has 0 unspecified atom stereocenters. The van der Waals surface area contributed by atoms with E-state index in [1.807, 2.05) is 0 Å². The van der Waals surface area contributed by atoms with Gasteiger partial charge in [0, 0.05) is 0 Å². The van der Waals surface area contributed by atoms with Gasteiger partial charge in [-0.2, -0.15) is 0 Å². The van der Waals surface area contributed by atoms with Crippen molar-refractivity contribution in [1.29, 1.82) is 0 Å². The monoisotopic (exact) mass is 406 g/mol. The fourth-order valence-corrected chi connectivity index (χ4v) is 2.82. The summed E-state index contributed by atoms with van der Waals surface area (Å²) in [5.41, 5.74) is 0. The predicted molar refractivity (Wildman–Crippen MR) is 71.6 cm³/mol. The van der Waals surface area contributed by atoms with Gasteiger partial charge in [0.25, 0.3) is 0 Å². The Morgan fingerprint density at radius 3 is 1.20 bits per heavy atom. The minimum atomic E-state index is 1.37. The summed E-state index contributed by atoms with van der Waals surface area (Å²) >= 11 is 1.59. The Bertz CT molecular complexity index is 89.5. The second-order valence-corrected chi connectivity index (χ2v) is 6.35. The molecule has 90 valence electrons. The number of unbranched alkanes of at least 4 members (excludes halogenated alkanes) is 11. The van der Waals surface area contributed by atoms with E-state index in [1.165, 1.54) is 81.2 Å². The van der Waals surface area contributed by atoms with E-state index in [0.717, 1.165) is 0 Å². The van der Waals surface area contributed by atoms with Gasteiger partial charge in [-0.15, -0.1) is 0 Å². The van der Waals surface area contributed by atoms with Crippen LogP contribution >= 0.6 is 0 Å². The zero-order chi connectivity index (χ0) is 11.2. The molecule has 0 rings (SSSR count). The first-order chi connectivity index (χ1) is 7.41. The van der Waals surface area contributed by atoms with Crippen molar-refractivity contribution in [2.24, 2.45) is 0 Å². The molecule has 0 aromatic rings. The molecule has 0 nitrogen and oxygen atoms in total. The van der Waals surface area contributed by atoms with Crippen LogP contribution in [0.2, 0.25) is 4.13 Å². The van der Waals surface area contributed by atoms with Crippen LogP contribution in [-0.2, 0) is 0 Å². The van der Waals surface area contributed by atoms with Crippen molar-refractivity contribution in [2.45, 2.75) is 88.1 Å². The van der Waals surface area contributed by atoms with Crippen LogP contribution in [0.4, 0.5) is 0 Å². The second-order valence-electron chi connectivity index (χ2n) is 4.61. The predicted octanol–water partition coefficient (Wildman–Crippen LogP) is 5.27. The van der Waals surface area contributed by atoms with Crippen molar-refractivity contribution < 1.29 is 0 Å². The van der Waals surface area contributed by atoms with E-state index < -0.39 is 0 Å². The zero-order valence-corrected chi connectivity index (χ0v) is 14.1. The first-order valence-electron chi connectivity index (χ1n) is 7.02. The first kappa shape index (κ1) is 15.9. The molecule has 0 fully saturated rings. The van der Waals surface area contributed by atoms with Gasteiger partial charge in [0.1, 0.15) is 0 Å². The molecule has 0 aromatic carbocycles. The van der Waals surface area contributed by atoms with E-state index in [2.05, 4.69) is 6.92 Å². The summed E-state index contributed by atoms with van der Waals surface area (Å²) in [6, 6.07) is 0. The van der Waals surface area contributed by atoms with E-state index >= 15 is 0 Å². The van der Waals surface area contributed by atoms with E-state index in [9.17, 15) is 0 Å². The SMILES string of the molecule is CCCCCCCCCCCCC[CH2][Bi]. The number of hydrogen-bond acceptors (Lipinski definition) is 0. The van der Waals surface area contributed by atoms with Crippen LogP contribution in [0.15, 0.2) is 0 Å². The Kier molecular flexibility index (Phi) is 15.8. The van der Waals surface area contributed by atoms with Crippen LogP contribution < -0.4 is 0 Å². The zero-order valence-electron chi connectivity index (χ0n) is 10.6. The normalized spacial score (nSPS) is 10.8. The quantitative estimate of drug-likeness (QED) is 0.306. The third-order valence-corrected chi connectivity index (χ3v) is 4.24. The number of rotatable bonds is 12. The molecule has 2 radical (unpaired) electrons. The van der Waals surface area contributed by atoms with Crippen molar-refractivity contribution in [3.05, 3.63) is 0 Å². The van der Waals surface area contributed by atoms with Crippen molar-refractivity contribution in [3.8, 4) is 0 Å². The molecule has 0 amide bonds. The maximum atomic E-state index is 2.29. The van der Waals surface area contributed by atoms with Gasteiger partial charge in [-0.05, 0) is 0 Å². The molecule has 0 heterocycles. The van der Waals surface area contributed by atoms with Gasteiger partial charge < -0.3 is 0 Å². The molecular formula is C14H29Bi. The van der Waals surface area contributed by atoms with Crippen molar-refractivity contribution in [3.63, 3.8) is 0 Å². The molecule has 0 bridgehead atoms. The van der Waals surface area contributed by atoms with E-state index in [0.29, 0.717) is 0 Å². The van der Waals surface area contributed by atoms with Gasteiger partial charge in [0.2, 0.25) is 0 Å². The molecule has 0 aliphatic heterocycles. The van der Waals surface area contributed by atoms with Crippen LogP contribution in [0.3, 0.4) is 0 Å². The molecule has 0 aromatic heterocycles. The van der Waals surface area contributed by atoms with Crippen molar-refractivity contribution in [2.75, 3.05) is 0 Å². The van der Waals surface area contributed by atoms with Crippen LogP contribution in [0.25, 0.3) is 0 Å². The van der Waals surface area contributed by atoms with Crippen LogP contribution in [0.5, 0.6) is 0 Å². The third-order valence-electron chi connectivity index (χ3n) is 3.01. The van der Waals surface area contributed by atoms with Gasteiger partial charge in [0.15, 0.2) is 0 Å². The average molecular weight is 406 g/mol. The van der Waals surface area contributed by atoms with Gasteiger partial charge >= 0.3 is 99.5 Å². The summed E-state index contributed by atoms with van der Waals surface area (Å²) in [5.74, 6) is 0. The molecule has 0 aliphatic rings.